The topological polar surface area (TPSA) is 46.5 Å². The van der Waals surface area contributed by atoms with Crippen LogP contribution < -0.4 is 0 Å². The number of aromatic hydroxyl groups is 1. The molecule has 0 atom stereocenters. The lowest BCUT2D eigenvalue weighted by molar-refractivity contribution is -0.136. The number of ether oxygens (including phenoxy) is 1. The zero-order valence-electron chi connectivity index (χ0n) is 22.4. The molecule has 1 aromatic carbocycles. The maximum atomic E-state index is 12.1. The average Bonchev–Trinajstić information content (AvgIpc) is 2.83. The molecule has 0 fully saturated rings. The second-order valence-electron chi connectivity index (χ2n) is 9.64. The van der Waals surface area contributed by atoms with E-state index in [4.69, 9.17) is 11.2 Å². The van der Waals surface area contributed by atoms with E-state index in [1.54, 1.807) is 0 Å². The summed E-state index contributed by atoms with van der Waals surface area (Å²) >= 11 is 0. The first-order chi connectivity index (χ1) is 18.0. The van der Waals surface area contributed by atoms with Crippen LogP contribution in [0.25, 0.3) is 0 Å². The van der Waals surface area contributed by atoms with Gasteiger partial charge >= 0.3 is 5.97 Å². The number of esters is 1. The first kappa shape index (κ1) is 30.6. The molecule has 38 heavy (non-hydrogen) atoms. The highest BCUT2D eigenvalue weighted by atomic mass is 16.5. The van der Waals surface area contributed by atoms with Crippen LogP contribution in [0.4, 0.5) is 0 Å². The van der Waals surface area contributed by atoms with Crippen molar-refractivity contribution in [2.75, 3.05) is 0 Å². The number of carbonyl (C=O) groups excluding carboxylic acids is 1. The molecule has 0 amide bonds. The number of benzene rings is 1. The van der Waals surface area contributed by atoms with Gasteiger partial charge in [-0.2, -0.15) is 0 Å². The molecule has 0 radical (unpaired) electrons. The largest absolute Gasteiger partial charge is 0.507 e. The zero-order chi connectivity index (χ0) is 28.4. The Hall–Kier alpha value is -5.47. The lowest BCUT2D eigenvalue weighted by atomic mass is 9.78. The van der Waals surface area contributed by atoms with Crippen LogP contribution in [0, 0.1) is 107 Å². The van der Waals surface area contributed by atoms with Crippen LogP contribution >= 0.6 is 0 Å². The summed E-state index contributed by atoms with van der Waals surface area (Å²) in [6, 6.07) is 3.90. The van der Waals surface area contributed by atoms with E-state index >= 15 is 0 Å². The minimum absolute atomic E-state index is 0. The Kier molecular flexibility index (Phi) is 12.5. The van der Waals surface area contributed by atoms with Crippen molar-refractivity contribution in [3.63, 3.8) is 0 Å². The molecule has 3 nitrogen and oxygen atoms in total. The average molecular weight is 511 g/mol. The molecule has 1 rings (SSSR count). The molecule has 200 valence electrons. The highest BCUT2D eigenvalue weighted by molar-refractivity contribution is 5.71. The van der Waals surface area contributed by atoms with E-state index in [1.807, 2.05) is 53.7 Å². The van der Waals surface area contributed by atoms with Crippen LogP contribution in [0.15, 0.2) is 12.1 Å². The molecular formula is C35H42O3. The lowest BCUT2D eigenvalue weighted by Gasteiger charge is -2.28. The van der Waals surface area contributed by atoms with Gasteiger partial charge in [0.2, 0.25) is 0 Å². The quantitative estimate of drug-likeness (QED) is 0.398. The molecule has 0 heterocycles. The van der Waals surface area contributed by atoms with Crippen LogP contribution in [0.2, 0.25) is 0 Å². The van der Waals surface area contributed by atoms with Crippen molar-refractivity contribution in [2.24, 2.45) is 0 Å². The number of rotatable bonds is 3. The number of carbonyl (C=O) groups is 1. The molecule has 0 aliphatic rings. The summed E-state index contributed by atoms with van der Waals surface area (Å²) in [5, 5.41) is 10.8. The maximum absolute atomic E-state index is 12.1. The van der Waals surface area contributed by atoms with Gasteiger partial charge in [-0.3, -0.25) is 4.79 Å². The highest BCUT2D eigenvalue weighted by Crippen LogP contribution is 2.39. The van der Waals surface area contributed by atoms with Gasteiger partial charge in [-0.15, -0.1) is 6.42 Å². The Bertz CT molecular complexity index is 1620. The van der Waals surface area contributed by atoms with Gasteiger partial charge < -0.3 is 9.84 Å². The second kappa shape index (κ2) is 15.5. The van der Waals surface area contributed by atoms with E-state index < -0.39 is 5.97 Å². The van der Waals surface area contributed by atoms with E-state index in [1.165, 1.54) is 0 Å². The second-order valence-corrected chi connectivity index (χ2v) is 9.64. The summed E-state index contributed by atoms with van der Waals surface area (Å²) in [4.78, 5) is 12.1. The third-order valence-corrected chi connectivity index (χ3v) is 4.57. The van der Waals surface area contributed by atoms with Crippen LogP contribution in [-0.4, -0.2) is 11.1 Å². The summed E-state index contributed by atoms with van der Waals surface area (Å²) in [5.74, 6) is 38.8. The maximum Gasteiger partial charge on any atom is 0.320 e. The predicted octanol–water partition coefficient (Wildman–Crippen LogP) is 6.05. The van der Waals surface area contributed by atoms with E-state index in [2.05, 4.69) is 101 Å². The number of hydrogen-bond acceptors (Lipinski definition) is 3. The van der Waals surface area contributed by atoms with Crippen molar-refractivity contribution >= 4 is 5.97 Å². The van der Waals surface area contributed by atoms with Crippen molar-refractivity contribution < 1.29 is 26.1 Å². The Balaban J connectivity index is -0.000000301. The van der Waals surface area contributed by atoms with Crippen LogP contribution in [-0.2, 0) is 26.8 Å². The molecule has 0 aromatic heterocycles. The van der Waals surface area contributed by atoms with Gasteiger partial charge in [0, 0.05) is 58.8 Å². The summed E-state index contributed by atoms with van der Waals surface area (Å²) in [6.45, 7) is 12.3. The van der Waals surface area contributed by atoms with Crippen LogP contribution in [0.3, 0.4) is 0 Å². The molecule has 0 bridgehead atoms. The van der Waals surface area contributed by atoms with Gasteiger partial charge in [-0.1, -0.05) is 53.7 Å². The normalized spacial score (nSPS) is 8.55. The van der Waals surface area contributed by atoms with Crippen molar-refractivity contribution in [3.8, 4) is 113 Å². The third-order valence-electron chi connectivity index (χ3n) is 4.57. The molecular weight excluding hydrogens is 468 g/mol. The fourth-order valence-corrected chi connectivity index (χ4v) is 2.83. The Labute approximate surface area is 239 Å². The Morgan fingerprint density at radius 3 is 1.47 bits per heavy atom. The van der Waals surface area contributed by atoms with Gasteiger partial charge in [0.15, 0.2) is 0 Å². The molecule has 0 spiro atoms. The standard InChI is InChI=1S/C35H26O3.8H2/c1-8-9-10-11-12-13-14-15-16-17-18-19-20-21-22-23-26-38-32(36)25-24-29-27-30(34(2,3)4)33(37)31(28-29)35(5,6)7;;;;;;;;/h1,27-28,37H,24-25H2,2-7H3;8*1H. The molecule has 0 aliphatic carbocycles. The number of phenols is 1. The first-order valence-corrected chi connectivity index (χ1v) is 11.5. The van der Waals surface area contributed by atoms with Crippen molar-refractivity contribution in [2.45, 2.75) is 65.2 Å². The number of phenolic OH excluding ortho intramolecular Hbond substituents is 1. The van der Waals surface area contributed by atoms with E-state index in [0.717, 1.165) is 16.7 Å². The summed E-state index contributed by atoms with van der Waals surface area (Å²) in [7, 11) is 0. The Morgan fingerprint density at radius 1 is 0.737 bits per heavy atom. The summed E-state index contributed by atoms with van der Waals surface area (Å²) < 4.78 is 4.92. The van der Waals surface area contributed by atoms with Crippen LogP contribution in [0.5, 0.6) is 5.75 Å². The number of hydrogen-bond donors (Lipinski definition) is 1. The molecule has 1 N–H and O–H groups in total. The van der Waals surface area contributed by atoms with Gasteiger partial charge in [-0.05, 0) is 81.3 Å². The summed E-state index contributed by atoms with van der Waals surface area (Å²) in [5.41, 5.74) is 2.17. The van der Waals surface area contributed by atoms with Crippen molar-refractivity contribution in [3.05, 3.63) is 28.8 Å². The van der Waals surface area contributed by atoms with E-state index in [0.29, 0.717) is 12.2 Å². The first-order valence-electron chi connectivity index (χ1n) is 11.5. The molecule has 0 saturated heterocycles. The van der Waals surface area contributed by atoms with E-state index in [-0.39, 0.29) is 28.7 Å². The number of terminal acetylenes is 1. The molecule has 0 saturated carbocycles. The smallest absolute Gasteiger partial charge is 0.320 e. The van der Waals surface area contributed by atoms with Crippen molar-refractivity contribution in [1.82, 2.24) is 0 Å². The fourth-order valence-electron chi connectivity index (χ4n) is 2.83. The van der Waals surface area contributed by atoms with Crippen molar-refractivity contribution in [1.29, 1.82) is 0 Å². The third kappa shape index (κ3) is 12.3. The lowest BCUT2D eigenvalue weighted by Crippen LogP contribution is -2.18. The fraction of sp³-hybridized carbons (Fsp3) is 0.286. The van der Waals surface area contributed by atoms with E-state index in [9.17, 15) is 9.90 Å². The summed E-state index contributed by atoms with van der Waals surface area (Å²) in [6.07, 6.45) is 7.82. The van der Waals surface area contributed by atoms with Gasteiger partial charge in [0.25, 0.3) is 0 Å². The molecule has 0 unspecified atom stereocenters. The van der Waals surface area contributed by atoms with Crippen LogP contribution in [0.1, 0.15) is 76.1 Å². The monoisotopic (exact) mass is 510 g/mol. The molecule has 1 aromatic rings. The minimum atomic E-state index is -0.466. The van der Waals surface area contributed by atoms with Gasteiger partial charge in [-0.25, -0.2) is 0 Å². The predicted molar refractivity (Wildman–Crippen MR) is 168 cm³/mol. The van der Waals surface area contributed by atoms with Gasteiger partial charge in [0.05, 0.1) is 6.42 Å². The molecule has 3 heteroatoms. The minimum Gasteiger partial charge on any atom is -0.507 e. The zero-order valence-corrected chi connectivity index (χ0v) is 22.4. The SMILES string of the molecule is C#CC#CC#CC#CC#CC#CC#CC#CC#COC(=O)CCc1cc(C(C)(C)C)c(O)c(C(C)(C)C)c1.[HH].[HH].[HH].[HH].[HH].[HH].[HH].[HH]. The molecule has 0 aliphatic heterocycles. The van der Waals surface area contributed by atoms with Gasteiger partial charge in [0.1, 0.15) is 11.9 Å². The Morgan fingerprint density at radius 2 is 1.11 bits per heavy atom. The highest BCUT2D eigenvalue weighted by Gasteiger charge is 2.26. The number of aryl methyl sites for hydroxylation is 1.